The Balaban J connectivity index is 2.03. The SMILES string of the molecule is CN(CC1(CO)CCOCC1)c1ccccc1. The Hall–Kier alpha value is -1.06. The second kappa shape index (κ2) is 5.52. The molecule has 0 unspecified atom stereocenters. The van der Waals surface area contributed by atoms with Crippen molar-refractivity contribution in [1.82, 2.24) is 0 Å². The van der Waals surface area contributed by atoms with Gasteiger partial charge in [-0.25, -0.2) is 0 Å². The number of aliphatic hydroxyl groups excluding tert-OH is 1. The summed E-state index contributed by atoms with van der Waals surface area (Å²) in [7, 11) is 2.09. The molecule has 1 N–H and O–H groups in total. The van der Waals surface area contributed by atoms with E-state index in [0.29, 0.717) is 0 Å². The summed E-state index contributed by atoms with van der Waals surface area (Å²) in [4.78, 5) is 2.22. The maximum atomic E-state index is 9.66. The summed E-state index contributed by atoms with van der Waals surface area (Å²) in [6.45, 7) is 2.66. The fourth-order valence-electron chi connectivity index (χ4n) is 2.45. The van der Waals surface area contributed by atoms with Crippen LogP contribution >= 0.6 is 0 Å². The molecule has 0 amide bonds. The second-order valence-electron chi connectivity index (χ2n) is 4.96. The number of para-hydroxylation sites is 1. The van der Waals surface area contributed by atoms with Crippen molar-refractivity contribution in [2.45, 2.75) is 12.8 Å². The van der Waals surface area contributed by atoms with E-state index >= 15 is 0 Å². The summed E-state index contributed by atoms with van der Waals surface area (Å²) in [6.07, 6.45) is 1.89. The highest BCUT2D eigenvalue weighted by Crippen LogP contribution is 2.31. The fraction of sp³-hybridized carbons (Fsp3) is 0.571. The summed E-state index contributed by atoms with van der Waals surface area (Å²) in [5.74, 6) is 0. The second-order valence-corrected chi connectivity index (χ2v) is 4.96. The lowest BCUT2D eigenvalue weighted by molar-refractivity contribution is -0.0113. The highest BCUT2D eigenvalue weighted by atomic mass is 16.5. The molecule has 0 atom stereocenters. The van der Waals surface area contributed by atoms with E-state index in [1.807, 2.05) is 18.2 Å². The number of hydrogen-bond acceptors (Lipinski definition) is 3. The Morgan fingerprint density at radius 3 is 2.47 bits per heavy atom. The number of rotatable bonds is 4. The molecule has 3 heteroatoms. The molecule has 0 spiro atoms. The van der Waals surface area contributed by atoms with E-state index in [9.17, 15) is 5.11 Å². The van der Waals surface area contributed by atoms with E-state index < -0.39 is 0 Å². The van der Waals surface area contributed by atoms with Gasteiger partial charge in [-0.1, -0.05) is 18.2 Å². The van der Waals surface area contributed by atoms with Crippen LogP contribution < -0.4 is 4.90 Å². The van der Waals surface area contributed by atoms with Gasteiger partial charge in [-0.05, 0) is 25.0 Å². The molecule has 0 aliphatic carbocycles. The summed E-state index contributed by atoms with van der Waals surface area (Å²) < 4.78 is 5.38. The first-order chi connectivity index (χ1) is 8.26. The van der Waals surface area contributed by atoms with E-state index in [2.05, 4.69) is 24.1 Å². The lowest BCUT2D eigenvalue weighted by Crippen LogP contribution is -2.42. The van der Waals surface area contributed by atoms with Crippen LogP contribution in [-0.4, -0.2) is 38.5 Å². The molecule has 2 rings (SSSR count). The molecule has 3 nitrogen and oxygen atoms in total. The molecule has 0 radical (unpaired) electrons. The molecule has 1 saturated heterocycles. The van der Waals surface area contributed by atoms with Crippen LogP contribution in [0.1, 0.15) is 12.8 Å². The minimum atomic E-state index is 0.00282. The third-order valence-corrected chi connectivity index (χ3v) is 3.66. The van der Waals surface area contributed by atoms with Crippen LogP contribution in [0, 0.1) is 5.41 Å². The van der Waals surface area contributed by atoms with Crippen molar-refractivity contribution in [2.75, 3.05) is 38.3 Å². The van der Waals surface area contributed by atoms with Gasteiger partial charge in [0.25, 0.3) is 0 Å². The minimum absolute atomic E-state index is 0.00282. The average Bonchev–Trinajstić information content (AvgIpc) is 2.41. The molecule has 0 bridgehead atoms. The maximum absolute atomic E-state index is 9.66. The largest absolute Gasteiger partial charge is 0.396 e. The van der Waals surface area contributed by atoms with Crippen LogP contribution in [0.2, 0.25) is 0 Å². The van der Waals surface area contributed by atoms with Crippen molar-refractivity contribution in [2.24, 2.45) is 5.41 Å². The van der Waals surface area contributed by atoms with Gasteiger partial charge in [-0.2, -0.15) is 0 Å². The van der Waals surface area contributed by atoms with Crippen molar-refractivity contribution in [3.8, 4) is 0 Å². The van der Waals surface area contributed by atoms with E-state index in [1.54, 1.807) is 0 Å². The number of aliphatic hydroxyl groups is 1. The Labute approximate surface area is 103 Å². The van der Waals surface area contributed by atoms with Crippen molar-refractivity contribution >= 4 is 5.69 Å². The lowest BCUT2D eigenvalue weighted by Gasteiger charge is -2.39. The normalized spacial score (nSPS) is 18.9. The predicted octanol–water partition coefficient (Wildman–Crippen LogP) is 1.91. The van der Waals surface area contributed by atoms with Gasteiger partial charge in [0, 0.05) is 37.9 Å². The van der Waals surface area contributed by atoms with E-state index in [-0.39, 0.29) is 12.0 Å². The van der Waals surface area contributed by atoms with Crippen LogP contribution in [0.15, 0.2) is 30.3 Å². The predicted molar refractivity (Wildman–Crippen MR) is 69.3 cm³/mol. The van der Waals surface area contributed by atoms with Crippen LogP contribution in [0.4, 0.5) is 5.69 Å². The van der Waals surface area contributed by atoms with Gasteiger partial charge in [0.2, 0.25) is 0 Å². The molecule has 94 valence electrons. The summed E-state index contributed by atoms with van der Waals surface area (Å²) in [5, 5.41) is 9.66. The molecule has 1 heterocycles. The fourth-order valence-corrected chi connectivity index (χ4v) is 2.45. The molecule has 1 aliphatic heterocycles. The van der Waals surface area contributed by atoms with Crippen molar-refractivity contribution in [3.05, 3.63) is 30.3 Å². The quantitative estimate of drug-likeness (QED) is 0.865. The van der Waals surface area contributed by atoms with Crippen molar-refractivity contribution in [1.29, 1.82) is 0 Å². The van der Waals surface area contributed by atoms with Gasteiger partial charge in [0.05, 0.1) is 6.61 Å². The van der Waals surface area contributed by atoms with E-state index in [1.165, 1.54) is 5.69 Å². The Bertz CT molecular complexity index is 333. The third kappa shape index (κ3) is 2.99. The topological polar surface area (TPSA) is 32.7 Å². The van der Waals surface area contributed by atoms with Gasteiger partial charge in [0.15, 0.2) is 0 Å². The molecular weight excluding hydrogens is 214 g/mol. The highest BCUT2D eigenvalue weighted by molar-refractivity contribution is 5.45. The van der Waals surface area contributed by atoms with Crippen LogP contribution in [0.25, 0.3) is 0 Å². The van der Waals surface area contributed by atoms with Gasteiger partial charge in [-0.3, -0.25) is 0 Å². The summed E-state index contributed by atoms with van der Waals surface area (Å²) >= 11 is 0. The van der Waals surface area contributed by atoms with Gasteiger partial charge in [-0.15, -0.1) is 0 Å². The van der Waals surface area contributed by atoms with Gasteiger partial charge < -0.3 is 14.7 Å². The molecule has 1 aromatic carbocycles. The van der Waals surface area contributed by atoms with Gasteiger partial charge >= 0.3 is 0 Å². The van der Waals surface area contributed by atoms with Crippen LogP contribution in [0.3, 0.4) is 0 Å². The zero-order valence-corrected chi connectivity index (χ0v) is 10.4. The average molecular weight is 235 g/mol. The Kier molecular flexibility index (Phi) is 4.02. The Morgan fingerprint density at radius 2 is 1.88 bits per heavy atom. The molecule has 1 fully saturated rings. The third-order valence-electron chi connectivity index (χ3n) is 3.66. The lowest BCUT2D eigenvalue weighted by atomic mass is 9.80. The summed E-state index contributed by atoms with van der Waals surface area (Å²) in [5.41, 5.74) is 1.20. The zero-order chi connectivity index (χ0) is 12.1. The first-order valence-electron chi connectivity index (χ1n) is 6.21. The Morgan fingerprint density at radius 1 is 1.24 bits per heavy atom. The molecular formula is C14H21NO2. The number of nitrogens with zero attached hydrogens (tertiary/aromatic N) is 1. The van der Waals surface area contributed by atoms with Crippen molar-refractivity contribution in [3.63, 3.8) is 0 Å². The zero-order valence-electron chi connectivity index (χ0n) is 10.4. The molecule has 0 saturated carbocycles. The van der Waals surface area contributed by atoms with Crippen LogP contribution in [0.5, 0.6) is 0 Å². The first kappa shape index (κ1) is 12.4. The van der Waals surface area contributed by atoms with Gasteiger partial charge in [0.1, 0.15) is 0 Å². The van der Waals surface area contributed by atoms with Crippen LogP contribution in [-0.2, 0) is 4.74 Å². The summed E-state index contributed by atoms with van der Waals surface area (Å²) in [6, 6.07) is 10.3. The molecule has 0 aromatic heterocycles. The molecule has 17 heavy (non-hydrogen) atoms. The van der Waals surface area contributed by atoms with E-state index in [0.717, 1.165) is 32.6 Å². The minimum Gasteiger partial charge on any atom is -0.396 e. The monoisotopic (exact) mass is 235 g/mol. The standard InChI is InChI=1S/C14H21NO2/c1-15(13-5-3-2-4-6-13)11-14(12-16)7-9-17-10-8-14/h2-6,16H,7-12H2,1H3. The van der Waals surface area contributed by atoms with Crippen molar-refractivity contribution < 1.29 is 9.84 Å². The van der Waals surface area contributed by atoms with E-state index in [4.69, 9.17) is 4.74 Å². The highest BCUT2D eigenvalue weighted by Gasteiger charge is 2.33. The number of benzene rings is 1. The first-order valence-corrected chi connectivity index (χ1v) is 6.21. The smallest absolute Gasteiger partial charge is 0.0506 e. The molecule has 1 aliphatic rings. The maximum Gasteiger partial charge on any atom is 0.0506 e. The number of ether oxygens (including phenoxy) is 1. The number of hydrogen-bond donors (Lipinski definition) is 1. The number of anilines is 1. The molecule has 1 aromatic rings.